The maximum Gasteiger partial charge on any atom is 0.211 e. The molecule has 0 amide bonds. The van der Waals surface area contributed by atoms with E-state index >= 15 is 0 Å². The van der Waals surface area contributed by atoms with Crippen LogP contribution in [-0.4, -0.2) is 27.3 Å². The summed E-state index contributed by atoms with van der Waals surface area (Å²) in [5.74, 6) is 0.860. The minimum Gasteiger partial charge on any atom is -0.492 e. The molecule has 0 saturated heterocycles. The first-order chi connectivity index (χ1) is 8.94. The fourth-order valence-electron chi connectivity index (χ4n) is 1.48. The average Bonchev–Trinajstić information content (AvgIpc) is 2.36. The van der Waals surface area contributed by atoms with Crippen molar-refractivity contribution in [3.05, 3.63) is 28.8 Å². The lowest BCUT2D eigenvalue weighted by Gasteiger charge is -2.09. The molecule has 0 spiro atoms. The number of hydrogen-bond donors (Lipinski definition) is 1. The molecular formula is C13H20ClNO3S. The summed E-state index contributed by atoms with van der Waals surface area (Å²) in [6.07, 6.45) is 1.54. The maximum absolute atomic E-state index is 11.5. The summed E-state index contributed by atoms with van der Waals surface area (Å²) in [5, 5.41) is 0.688. The highest BCUT2D eigenvalue weighted by Crippen LogP contribution is 2.20. The molecular weight excluding hydrogens is 286 g/mol. The highest BCUT2D eigenvalue weighted by Gasteiger charge is 2.08. The number of halogens is 1. The Morgan fingerprint density at radius 1 is 1.37 bits per heavy atom. The van der Waals surface area contributed by atoms with Crippen molar-refractivity contribution in [2.24, 2.45) is 0 Å². The van der Waals surface area contributed by atoms with Crippen molar-refractivity contribution in [2.45, 2.75) is 26.7 Å². The molecule has 108 valence electrons. The molecule has 0 aliphatic rings. The van der Waals surface area contributed by atoms with Gasteiger partial charge in [-0.15, -0.1) is 0 Å². The van der Waals surface area contributed by atoms with Crippen molar-refractivity contribution in [2.75, 3.05) is 18.9 Å². The van der Waals surface area contributed by atoms with Crippen LogP contribution in [0.1, 0.15) is 25.3 Å². The van der Waals surface area contributed by atoms with Crippen LogP contribution in [-0.2, 0) is 10.0 Å². The SMILES string of the molecule is CCCCS(=O)(=O)NCCOc1ccc(Cl)c(C)c1. The second kappa shape index (κ2) is 7.72. The molecule has 1 aromatic rings. The minimum absolute atomic E-state index is 0.170. The molecule has 1 rings (SSSR count). The summed E-state index contributed by atoms with van der Waals surface area (Å²) >= 11 is 5.90. The number of hydrogen-bond acceptors (Lipinski definition) is 3. The van der Waals surface area contributed by atoms with Gasteiger partial charge in [0.25, 0.3) is 0 Å². The molecule has 0 bridgehead atoms. The van der Waals surface area contributed by atoms with Crippen LogP contribution in [0.2, 0.25) is 5.02 Å². The predicted molar refractivity (Wildman–Crippen MR) is 78.4 cm³/mol. The molecule has 0 atom stereocenters. The topological polar surface area (TPSA) is 55.4 Å². The number of benzene rings is 1. The zero-order valence-electron chi connectivity index (χ0n) is 11.3. The van der Waals surface area contributed by atoms with Crippen molar-refractivity contribution in [1.29, 1.82) is 0 Å². The largest absolute Gasteiger partial charge is 0.492 e. The van der Waals surface area contributed by atoms with E-state index in [1.54, 1.807) is 12.1 Å². The molecule has 0 aromatic heterocycles. The summed E-state index contributed by atoms with van der Waals surface area (Å²) in [6, 6.07) is 5.35. The third-order valence-corrected chi connectivity index (χ3v) is 4.48. The van der Waals surface area contributed by atoms with Gasteiger partial charge in [0.2, 0.25) is 10.0 Å². The summed E-state index contributed by atoms with van der Waals surface area (Å²) in [7, 11) is -3.16. The molecule has 0 radical (unpaired) electrons. The van der Waals surface area contributed by atoms with E-state index in [1.807, 2.05) is 19.9 Å². The van der Waals surface area contributed by atoms with Crippen molar-refractivity contribution in [3.8, 4) is 5.75 Å². The predicted octanol–water partition coefficient (Wildman–Crippen LogP) is 2.75. The second-order valence-corrected chi connectivity index (χ2v) is 6.66. The van der Waals surface area contributed by atoms with Gasteiger partial charge >= 0.3 is 0 Å². The van der Waals surface area contributed by atoms with E-state index in [-0.39, 0.29) is 12.3 Å². The molecule has 1 N–H and O–H groups in total. The standard InChI is InChI=1S/C13H20ClNO3S/c1-3-4-9-19(16,17)15-7-8-18-12-5-6-13(14)11(2)10-12/h5-6,10,15H,3-4,7-9H2,1-2H3. The van der Waals surface area contributed by atoms with E-state index in [4.69, 9.17) is 16.3 Å². The number of unbranched alkanes of at least 4 members (excludes halogenated alkanes) is 1. The van der Waals surface area contributed by atoms with Gasteiger partial charge in [-0.2, -0.15) is 0 Å². The maximum atomic E-state index is 11.5. The molecule has 6 heteroatoms. The van der Waals surface area contributed by atoms with Gasteiger partial charge in [0.05, 0.1) is 5.75 Å². The van der Waals surface area contributed by atoms with Crippen molar-refractivity contribution in [3.63, 3.8) is 0 Å². The summed E-state index contributed by atoms with van der Waals surface area (Å²) in [4.78, 5) is 0. The van der Waals surface area contributed by atoms with Gasteiger partial charge in [0.15, 0.2) is 0 Å². The molecule has 0 fully saturated rings. The Bertz CT molecular complexity index is 503. The Morgan fingerprint density at radius 3 is 2.74 bits per heavy atom. The average molecular weight is 306 g/mol. The lowest BCUT2D eigenvalue weighted by Crippen LogP contribution is -2.30. The zero-order chi connectivity index (χ0) is 14.3. The first-order valence-corrected chi connectivity index (χ1v) is 8.34. The van der Waals surface area contributed by atoms with Crippen LogP contribution in [0.5, 0.6) is 5.75 Å². The molecule has 4 nitrogen and oxygen atoms in total. The van der Waals surface area contributed by atoms with Gasteiger partial charge in [-0.1, -0.05) is 24.9 Å². The first-order valence-electron chi connectivity index (χ1n) is 6.31. The van der Waals surface area contributed by atoms with Crippen molar-refractivity contribution in [1.82, 2.24) is 4.72 Å². The molecule has 0 saturated carbocycles. The van der Waals surface area contributed by atoms with E-state index in [1.165, 1.54) is 0 Å². The summed E-state index contributed by atoms with van der Waals surface area (Å²) < 4.78 is 31.0. The number of nitrogens with one attached hydrogen (secondary N) is 1. The van der Waals surface area contributed by atoms with Crippen LogP contribution in [0.4, 0.5) is 0 Å². The number of ether oxygens (including phenoxy) is 1. The molecule has 0 aliphatic carbocycles. The number of sulfonamides is 1. The van der Waals surface area contributed by atoms with Gasteiger partial charge < -0.3 is 4.74 Å². The van der Waals surface area contributed by atoms with E-state index in [0.717, 1.165) is 12.0 Å². The quantitative estimate of drug-likeness (QED) is 0.751. The minimum atomic E-state index is -3.16. The normalized spacial score (nSPS) is 11.5. The third-order valence-electron chi connectivity index (χ3n) is 2.59. The lowest BCUT2D eigenvalue weighted by molar-refractivity contribution is 0.322. The Kier molecular flexibility index (Phi) is 6.62. The smallest absolute Gasteiger partial charge is 0.211 e. The van der Waals surface area contributed by atoms with Crippen LogP contribution < -0.4 is 9.46 Å². The van der Waals surface area contributed by atoms with Crippen LogP contribution in [0.3, 0.4) is 0 Å². The number of aryl methyl sites for hydroxylation is 1. The van der Waals surface area contributed by atoms with Crippen LogP contribution in [0.25, 0.3) is 0 Å². The zero-order valence-corrected chi connectivity index (χ0v) is 12.9. The Hall–Kier alpha value is -0.780. The fourth-order valence-corrected chi connectivity index (χ4v) is 2.80. The molecule has 0 unspecified atom stereocenters. The Labute approximate surface area is 120 Å². The monoisotopic (exact) mass is 305 g/mol. The van der Waals surface area contributed by atoms with E-state index in [9.17, 15) is 8.42 Å². The highest BCUT2D eigenvalue weighted by molar-refractivity contribution is 7.89. The van der Waals surface area contributed by atoms with Gasteiger partial charge in [-0.3, -0.25) is 0 Å². The Balaban J connectivity index is 2.32. The van der Waals surface area contributed by atoms with Gasteiger partial charge in [-0.25, -0.2) is 13.1 Å². The third kappa shape index (κ3) is 6.27. The molecule has 0 heterocycles. The molecule has 0 aliphatic heterocycles. The summed E-state index contributed by atoms with van der Waals surface area (Å²) in [5.41, 5.74) is 0.933. The van der Waals surface area contributed by atoms with E-state index < -0.39 is 10.0 Å². The van der Waals surface area contributed by atoms with Gasteiger partial charge in [0.1, 0.15) is 12.4 Å². The molecule has 19 heavy (non-hydrogen) atoms. The molecule has 1 aromatic carbocycles. The first kappa shape index (κ1) is 16.3. The van der Waals surface area contributed by atoms with Crippen LogP contribution >= 0.6 is 11.6 Å². The van der Waals surface area contributed by atoms with Crippen molar-refractivity contribution >= 4 is 21.6 Å². The second-order valence-electron chi connectivity index (χ2n) is 4.33. The lowest BCUT2D eigenvalue weighted by atomic mass is 10.2. The highest BCUT2D eigenvalue weighted by atomic mass is 35.5. The van der Waals surface area contributed by atoms with E-state index in [0.29, 0.717) is 23.8 Å². The van der Waals surface area contributed by atoms with E-state index in [2.05, 4.69) is 4.72 Å². The van der Waals surface area contributed by atoms with Crippen LogP contribution in [0.15, 0.2) is 18.2 Å². The summed E-state index contributed by atoms with van der Waals surface area (Å²) in [6.45, 7) is 4.42. The fraction of sp³-hybridized carbons (Fsp3) is 0.538. The number of rotatable bonds is 8. The van der Waals surface area contributed by atoms with Crippen molar-refractivity contribution < 1.29 is 13.2 Å². The van der Waals surface area contributed by atoms with Gasteiger partial charge in [-0.05, 0) is 37.1 Å². The van der Waals surface area contributed by atoms with Gasteiger partial charge in [0, 0.05) is 11.6 Å². The Morgan fingerprint density at radius 2 is 2.11 bits per heavy atom. The van der Waals surface area contributed by atoms with Crippen LogP contribution in [0, 0.1) is 6.92 Å².